The zero-order valence-corrected chi connectivity index (χ0v) is 14.1. The van der Waals surface area contributed by atoms with E-state index in [-0.39, 0.29) is 59.1 Å². The Bertz CT molecular complexity index is 915. The molecule has 136 valence electrons. The van der Waals surface area contributed by atoms with Gasteiger partial charge in [0.1, 0.15) is 6.61 Å². The van der Waals surface area contributed by atoms with Crippen LogP contribution in [-0.4, -0.2) is 34.6 Å². The van der Waals surface area contributed by atoms with Crippen LogP contribution in [0.4, 0.5) is 5.69 Å². The molecule has 1 heterocycles. The predicted octanol–water partition coefficient (Wildman–Crippen LogP) is 1.75. The summed E-state index contributed by atoms with van der Waals surface area (Å²) < 4.78 is 5.30. The van der Waals surface area contributed by atoms with Gasteiger partial charge in [-0.25, -0.2) is 0 Å². The number of nitro groups is 1. The van der Waals surface area contributed by atoms with E-state index in [2.05, 4.69) is 11.0 Å². The summed E-state index contributed by atoms with van der Waals surface area (Å²) in [6, 6.07) is 4.29. The van der Waals surface area contributed by atoms with E-state index in [1.165, 1.54) is 18.3 Å². The molecule has 4 unspecified atom stereocenters. The van der Waals surface area contributed by atoms with E-state index < -0.39 is 4.92 Å². The molecule has 1 saturated carbocycles. The zero-order chi connectivity index (χ0) is 19.1. The van der Waals surface area contributed by atoms with Gasteiger partial charge in [0.15, 0.2) is 0 Å². The molecule has 1 aliphatic heterocycles. The van der Waals surface area contributed by atoms with Gasteiger partial charge in [-0.15, -0.1) is 6.42 Å². The summed E-state index contributed by atoms with van der Waals surface area (Å²) in [6.45, 7) is -0.160. The third kappa shape index (κ3) is 2.59. The van der Waals surface area contributed by atoms with E-state index in [9.17, 15) is 19.7 Å². The van der Waals surface area contributed by atoms with Crippen molar-refractivity contribution in [3.05, 3.63) is 46.0 Å². The van der Waals surface area contributed by atoms with Crippen LogP contribution in [0.15, 0.2) is 35.5 Å². The maximum Gasteiger partial charge on any atom is 0.311 e. The molecule has 0 N–H and O–H groups in total. The van der Waals surface area contributed by atoms with Crippen LogP contribution in [0.5, 0.6) is 5.75 Å². The van der Waals surface area contributed by atoms with Gasteiger partial charge in [0.05, 0.1) is 23.0 Å². The molecular weight excluding hydrogens is 350 g/mol. The van der Waals surface area contributed by atoms with Gasteiger partial charge < -0.3 is 4.74 Å². The van der Waals surface area contributed by atoms with Crippen LogP contribution < -0.4 is 4.74 Å². The van der Waals surface area contributed by atoms with Gasteiger partial charge in [-0.3, -0.25) is 19.7 Å². The average molecular weight is 365 g/mol. The Balaban J connectivity index is 1.63. The van der Waals surface area contributed by atoms with Gasteiger partial charge in [-0.2, -0.15) is 10.1 Å². The fraction of sp³-hybridized carbons (Fsp3) is 0.316. The number of carbonyl (C=O) groups excluding carboxylic acids is 2. The van der Waals surface area contributed by atoms with Crippen LogP contribution in [0.2, 0.25) is 0 Å². The molecule has 2 aliphatic carbocycles. The molecule has 4 atom stereocenters. The first kappa shape index (κ1) is 17.0. The third-order valence-electron chi connectivity index (χ3n) is 5.28. The molecule has 8 nitrogen and oxygen atoms in total. The van der Waals surface area contributed by atoms with Crippen molar-refractivity contribution in [3.63, 3.8) is 0 Å². The first-order chi connectivity index (χ1) is 13.0. The number of nitro benzene ring substituents is 1. The number of benzene rings is 1. The lowest BCUT2D eigenvalue weighted by Gasteiger charge is -2.13. The summed E-state index contributed by atoms with van der Waals surface area (Å²) >= 11 is 0. The topological polar surface area (TPSA) is 102 Å². The number of imide groups is 1. The van der Waals surface area contributed by atoms with E-state index in [0.29, 0.717) is 0 Å². The molecule has 27 heavy (non-hydrogen) atoms. The van der Waals surface area contributed by atoms with Crippen molar-refractivity contribution >= 4 is 23.7 Å². The van der Waals surface area contributed by atoms with Gasteiger partial charge in [0.25, 0.3) is 11.8 Å². The van der Waals surface area contributed by atoms with Crippen molar-refractivity contribution in [1.82, 2.24) is 5.01 Å². The van der Waals surface area contributed by atoms with Crippen molar-refractivity contribution < 1.29 is 19.2 Å². The third-order valence-corrected chi connectivity index (χ3v) is 5.28. The number of hydrogen-bond donors (Lipinski definition) is 0. The highest BCUT2D eigenvalue weighted by molar-refractivity contribution is 6.07. The van der Waals surface area contributed by atoms with Crippen molar-refractivity contribution in [3.8, 4) is 18.1 Å². The number of fused-ring (bicyclic) bond motifs is 5. The van der Waals surface area contributed by atoms with Gasteiger partial charge in [0.2, 0.25) is 5.75 Å². The van der Waals surface area contributed by atoms with Crippen LogP contribution >= 0.6 is 0 Å². The van der Waals surface area contributed by atoms with Gasteiger partial charge >= 0.3 is 5.69 Å². The fourth-order valence-corrected chi connectivity index (χ4v) is 4.18. The first-order valence-corrected chi connectivity index (χ1v) is 8.46. The molecule has 1 saturated heterocycles. The number of carbonyl (C=O) groups is 2. The summed E-state index contributed by atoms with van der Waals surface area (Å²) in [7, 11) is 0. The fourth-order valence-electron chi connectivity index (χ4n) is 4.18. The Labute approximate surface area is 154 Å². The number of allylic oxidation sites excluding steroid dienone is 2. The Hall–Kier alpha value is -3.47. The number of ether oxygens (including phenoxy) is 1. The largest absolute Gasteiger partial charge is 0.473 e. The second-order valence-electron chi connectivity index (χ2n) is 6.68. The second kappa shape index (κ2) is 6.36. The van der Waals surface area contributed by atoms with Crippen LogP contribution in [0.1, 0.15) is 12.0 Å². The smallest absolute Gasteiger partial charge is 0.311 e. The van der Waals surface area contributed by atoms with Crippen LogP contribution in [0.3, 0.4) is 0 Å². The number of hydrogen-bond acceptors (Lipinski definition) is 6. The molecule has 8 heteroatoms. The summed E-state index contributed by atoms with van der Waals surface area (Å²) in [5, 5.41) is 16.1. The van der Waals surface area contributed by atoms with Crippen LogP contribution in [-0.2, 0) is 9.59 Å². The Morgan fingerprint density at radius 1 is 1.30 bits per heavy atom. The number of terminal acetylenes is 1. The standard InChI is InChI=1S/C19H15N3O5/c1-2-8-27-17-13(4-3-5-14(17)22(25)26)10-20-21-18(23)15-11-6-7-12(9-11)16(15)19(21)24/h1,3-7,10-12,15-16H,8-9H2. The normalized spacial score (nSPS) is 28.0. The molecule has 2 fully saturated rings. The molecule has 0 radical (unpaired) electrons. The number of para-hydroxylation sites is 1. The molecular formula is C19H15N3O5. The van der Waals surface area contributed by atoms with E-state index in [0.717, 1.165) is 11.4 Å². The SMILES string of the molecule is C#CCOc1c(C=NN2C(=O)C3C4C=CC(C4)C3C2=O)cccc1[N+](=O)[O-]. The quantitative estimate of drug-likeness (QED) is 0.198. The lowest BCUT2D eigenvalue weighted by molar-refractivity contribution is -0.385. The molecule has 0 aromatic heterocycles. The monoisotopic (exact) mass is 365 g/mol. The number of nitrogens with zero attached hydrogens (tertiary/aromatic N) is 3. The summed E-state index contributed by atoms with van der Waals surface area (Å²) in [6.07, 6.45) is 11.2. The number of amides is 2. The highest BCUT2D eigenvalue weighted by Crippen LogP contribution is 2.52. The Morgan fingerprint density at radius 2 is 1.96 bits per heavy atom. The molecule has 2 bridgehead atoms. The van der Waals surface area contributed by atoms with E-state index in [4.69, 9.17) is 11.2 Å². The van der Waals surface area contributed by atoms with Crippen molar-refractivity contribution in [1.29, 1.82) is 0 Å². The maximum absolute atomic E-state index is 12.6. The lowest BCUT2D eigenvalue weighted by Crippen LogP contribution is -2.28. The second-order valence-corrected chi connectivity index (χ2v) is 6.68. The highest BCUT2D eigenvalue weighted by atomic mass is 16.6. The average Bonchev–Trinajstić information content (AvgIpc) is 3.33. The van der Waals surface area contributed by atoms with Gasteiger partial charge in [0, 0.05) is 11.6 Å². The van der Waals surface area contributed by atoms with Gasteiger partial charge in [-0.05, 0) is 24.3 Å². The van der Waals surface area contributed by atoms with E-state index >= 15 is 0 Å². The summed E-state index contributed by atoms with van der Waals surface area (Å²) in [4.78, 5) is 35.9. The van der Waals surface area contributed by atoms with Crippen molar-refractivity contribution in [2.45, 2.75) is 6.42 Å². The molecule has 0 spiro atoms. The predicted molar refractivity (Wildman–Crippen MR) is 94.6 cm³/mol. The van der Waals surface area contributed by atoms with Crippen LogP contribution in [0, 0.1) is 46.1 Å². The van der Waals surface area contributed by atoms with Crippen LogP contribution in [0.25, 0.3) is 0 Å². The summed E-state index contributed by atoms with van der Waals surface area (Å²) in [5.41, 5.74) is -0.00871. The minimum absolute atomic E-state index is 0.0507. The minimum Gasteiger partial charge on any atom is -0.473 e. The van der Waals surface area contributed by atoms with E-state index in [1.54, 1.807) is 6.07 Å². The van der Waals surface area contributed by atoms with Crippen molar-refractivity contribution in [2.75, 3.05) is 6.61 Å². The maximum atomic E-state index is 12.6. The zero-order valence-electron chi connectivity index (χ0n) is 14.1. The Kier molecular flexibility index (Phi) is 4.00. The lowest BCUT2D eigenvalue weighted by atomic mass is 9.85. The Morgan fingerprint density at radius 3 is 2.56 bits per heavy atom. The number of hydrazone groups is 1. The van der Waals surface area contributed by atoms with E-state index in [1.807, 2.05) is 12.2 Å². The highest BCUT2D eigenvalue weighted by Gasteiger charge is 2.59. The molecule has 4 rings (SSSR count). The molecule has 1 aromatic carbocycles. The molecule has 2 amide bonds. The van der Waals surface area contributed by atoms with Crippen molar-refractivity contribution in [2.24, 2.45) is 28.8 Å². The molecule has 1 aromatic rings. The van der Waals surface area contributed by atoms with Gasteiger partial charge in [-0.1, -0.05) is 24.1 Å². The summed E-state index contributed by atoms with van der Waals surface area (Å²) in [5.74, 6) is 1.01. The minimum atomic E-state index is -0.594. The first-order valence-electron chi connectivity index (χ1n) is 8.46. The number of rotatable bonds is 5. The molecule has 3 aliphatic rings.